The van der Waals surface area contributed by atoms with Gasteiger partial charge in [-0.15, -0.1) is 0 Å². The SMILES string of the molecule is Oc1ccc(/C=N/NC(=S)Nc2ccccc2)cc1. The molecule has 0 atom stereocenters. The number of hydrogen-bond acceptors (Lipinski definition) is 3. The fourth-order valence-corrected chi connectivity index (χ4v) is 1.58. The Morgan fingerprint density at radius 1 is 1.05 bits per heavy atom. The van der Waals surface area contributed by atoms with Gasteiger partial charge in [-0.2, -0.15) is 5.10 Å². The van der Waals surface area contributed by atoms with Gasteiger partial charge in [-0.1, -0.05) is 18.2 Å². The van der Waals surface area contributed by atoms with Crippen molar-refractivity contribution in [1.82, 2.24) is 5.43 Å². The predicted octanol–water partition coefficient (Wildman–Crippen LogP) is 2.71. The van der Waals surface area contributed by atoms with Crippen LogP contribution in [0.15, 0.2) is 59.7 Å². The van der Waals surface area contributed by atoms with Crippen LogP contribution in [0.25, 0.3) is 0 Å². The van der Waals surface area contributed by atoms with Crippen molar-refractivity contribution >= 4 is 29.2 Å². The number of nitrogens with zero attached hydrogens (tertiary/aromatic N) is 1. The van der Waals surface area contributed by atoms with Crippen LogP contribution < -0.4 is 10.7 Å². The lowest BCUT2D eigenvalue weighted by atomic mass is 10.2. The molecule has 0 fully saturated rings. The van der Waals surface area contributed by atoms with Crippen LogP contribution in [-0.4, -0.2) is 16.4 Å². The van der Waals surface area contributed by atoms with Crippen LogP contribution in [0.3, 0.4) is 0 Å². The molecule has 0 saturated carbocycles. The third-order valence-electron chi connectivity index (χ3n) is 2.30. The Hall–Kier alpha value is -2.40. The molecule has 19 heavy (non-hydrogen) atoms. The van der Waals surface area contributed by atoms with E-state index in [4.69, 9.17) is 17.3 Å². The summed E-state index contributed by atoms with van der Waals surface area (Å²) in [5, 5.41) is 16.6. The Bertz CT molecular complexity index is 567. The first-order chi connectivity index (χ1) is 9.24. The van der Waals surface area contributed by atoms with Crippen LogP contribution in [0.4, 0.5) is 5.69 Å². The van der Waals surface area contributed by atoms with Crippen molar-refractivity contribution in [2.75, 3.05) is 5.32 Å². The Labute approximate surface area is 116 Å². The van der Waals surface area contributed by atoms with E-state index in [-0.39, 0.29) is 5.75 Å². The second-order valence-corrected chi connectivity index (χ2v) is 4.19. The maximum absolute atomic E-state index is 9.14. The van der Waals surface area contributed by atoms with Gasteiger partial charge < -0.3 is 10.4 Å². The number of phenols is 1. The zero-order valence-corrected chi connectivity index (χ0v) is 10.9. The van der Waals surface area contributed by atoms with Crippen LogP contribution in [0.5, 0.6) is 5.75 Å². The van der Waals surface area contributed by atoms with E-state index in [0.29, 0.717) is 5.11 Å². The summed E-state index contributed by atoms with van der Waals surface area (Å²) in [7, 11) is 0. The number of para-hydroxylation sites is 1. The van der Waals surface area contributed by atoms with Crippen molar-refractivity contribution in [3.63, 3.8) is 0 Å². The molecule has 4 nitrogen and oxygen atoms in total. The van der Waals surface area contributed by atoms with Crippen LogP contribution in [0.1, 0.15) is 5.56 Å². The molecule has 0 amide bonds. The molecule has 2 aromatic carbocycles. The van der Waals surface area contributed by atoms with Gasteiger partial charge in [-0.25, -0.2) is 0 Å². The number of aromatic hydroxyl groups is 1. The lowest BCUT2D eigenvalue weighted by molar-refractivity contribution is 0.475. The predicted molar refractivity (Wildman–Crippen MR) is 81.5 cm³/mol. The van der Waals surface area contributed by atoms with Gasteiger partial charge in [0.05, 0.1) is 6.21 Å². The highest BCUT2D eigenvalue weighted by Gasteiger charge is 1.94. The summed E-state index contributed by atoms with van der Waals surface area (Å²) < 4.78 is 0. The van der Waals surface area contributed by atoms with Crippen molar-refractivity contribution in [3.8, 4) is 5.75 Å². The van der Waals surface area contributed by atoms with Crippen molar-refractivity contribution < 1.29 is 5.11 Å². The smallest absolute Gasteiger partial charge is 0.191 e. The zero-order valence-electron chi connectivity index (χ0n) is 10.1. The molecule has 96 valence electrons. The van der Waals surface area contributed by atoms with E-state index in [1.54, 1.807) is 30.5 Å². The maximum atomic E-state index is 9.14. The summed E-state index contributed by atoms with van der Waals surface area (Å²) in [5.41, 5.74) is 4.49. The molecule has 0 saturated heterocycles. The number of nitrogens with one attached hydrogen (secondary N) is 2. The highest BCUT2D eigenvalue weighted by molar-refractivity contribution is 7.80. The normalized spacial score (nSPS) is 10.3. The summed E-state index contributed by atoms with van der Waals surface area (Å²) in [6, 6.07) is 16.3. The average molecular weight is 271 g/mol. The number of anilines is 1. The van der Waals surface area contributed by atoms with Gasteiger partial charge >= 0.3 is 0 Å². The summed E-state index contributed by atoms with van der Waals surface area (Å²) >= 11 is 5.10. The van der Waals surface area contributed by atoms with E-state index in [0.717, 1.165) is 11.3 Å². The van der Waals surface area contributed by atoms with Gasteiger partial charge in [0.1, 0.15) is 5.75 Å². The molecular formula is C14H13N3OS. The topological polar surface area (TPSA) is 56.7 Å². The van der Waals surface area contributed by atoms with Crippen molar-refractivity contribution in [2.45, 2.75) is 0 Å². The van der Waals surface area contributed by atoms with E-state index in [9.17, 15) is 0 Å². The van der Waals surface area contributed by atoms with Gasteiger partial charge in [0.15, 0.2) is 5.11 Å². The molecule has 0 aliphatic heterocycles. The largest absolute Gasteiger partial charge is 0.508 e. The van der Waals surface area contributed by atoms with E-state index in [2.05, 4.69) is 15.8 Å². The standard InChI is InChI=1S/C14H13N3OS/c18-13-8-6-11(7-9-13)10-15-17-14(19)16-12-4-2-1-3-5-12/h1-10,18H,(H2,16,17,19)/b15-10+. The van der Waals surface area contributed by atoms with Gasteiger partial charge in [0.2, 0.25) is 0 Å². The first-order valence-corrected chi connectivity index (χ1v) is 6.09. The Kier molecular flexibility index (Phi) is 4.47. The first-order valence-electron chi connectivity index (χ1n) is 5.68. The molecule has 3 N–H and O–H groups in total. The van der Waals surface area contributed by atoms with Gasteiger partial charge in [0.25, 0.3) is 0 Å². The van der Waals surface area contributed by atoms with Crippen molar-refractivity contribution in [3.05, 3.63) is 60.2 Å². The zero-order chi connectivity index (χ0) is 13.5. The number of benzene rings is 2. The summed E-state index contributed by atoms with van der Waals surface area (Å²) in [6.07, 6.45) is 1.62. The summed E-state index contributed by atoms with van der Waals surface area (Å²) in [4.78, 5) is 0. The van der Waals surface area contributed by atoms with Crippen molar-refractivity contribution in [1.29, 1.82) is 0 Å². The molecule has 0 radical (unpaired) electrons. The molecule has 5 heteroatoms. The Morgan fingerprint density at radius 3 is 2.42 bits per heavy atom. The van der Waals surface area contributed by atoms with Crippen LogP contribution in [0.2, 0.25) is 0 Å². The molecule has 0 unspecified atom stereocenters. The molecule has 2 rings (SSSR count). The van der Waals surface area contributed by atoms with E-state index in [1.165, 1.54) is 0 Å². The minimum atomic E-state index is 0.228. The van der Waals surface area contributed by atoms with E-state index < -0.39 is 0 Å². The number of rotatable bonds is 3. The van der Waals surface area contributed by atoms with Crippen LogP contribution in [-0.2, 0) is 0 Å². The first kappa shape index (κ1) is 13.0. The molecule has 0 heterocycles. The molecule has 0 aliphatic rings. The number of hydrazone groups is 1. The highest BCUT2D eigenvalue weighted by Crippen LogP contribution is 2.07. The second kappa shape index (κ2) is 6.51. The van der Waals surface area contributed by atoms with Crippen LogP contribution >= 0.6 is 12.2 Å². The Morgan fingerprint density at radius 2 is 1.74 bits per heavy atom. The quantitative estimate of drug-likeness (QED) is 0.456. The van der Waals surface area contributed by atoms with Crippen LogP contribution in [0, 0.1) is 0 Å². The van der Waals surface area contributed by atoms with E-state index in [1.807, 2.05) is 30.3 Å². The number of thiocarbonyl (C=S) groups is 1. The third kappa shape index (κ3) is 4.40. The van der Waals surface area contributed by atoms with Gasteiger partial charge in [0, 0.05) is 5.69 Å². The molecule has 0 bridgehead atoms. The molecule has 0 spiro atoms. The molecule has 0 aliphatic carbocycles. The fourth-order valence-electron chi connectivity index (χ4n) is 1.41. The number of phenolic OH excluding ortho intramolecular Hbond substituents is 1. The minimum absolute atomic E-state index is 0.228. The highest BCUT2D eigenvalue weighted by atomic mass is 32.1. The molecular weight excluding hydrogens is 258 g/mol. The van der Waals surface area contributed by atoms with Gasteiger partial charge in [-0.3, -0.25) is 5.43 Å². The molecule has 0 aromatic heterocycles. The Balaban J connectivity index is 1.85. The van der Waals surface area contributed by atoms with Crippen molar-refractivity contribution in [2.24, 2.45) is 5.10 Å². The third-order valence-corrected chi connectivity index (χ3v) is 2.50. The monoisotopic (exact) mass is 271 g/mol. The average Bonchev–Trinajstić information content (AvgIpc) is 2.42. The maximum Gasteiger partial charge on any atom is 0.191 e. The molecule has 2 aromatic rings. The second-order valence-electron chi connectivity index (χ2n) is 3.78. The lowest BCUT2D eigenvalue weighted by Crippen LogP contribution is -2.23. The van der Waals surface area contributed by atoms with E-state index >= 15 is 0 Å². The summed E-state index contributed by atoms with van der Waals surface area (Å²) in [5.74, 6) is 0.228. The summed E-state index contributed by atoms with van der Waals surface area (Å²) in [6.45, 7) is 0. The fraction of sp³-hybridized carbons (Fsp3) is 0. The minimum Gasteiger partial charge on any atom is -0.508 e. The lowest BCUT2D eigenvalue weighted by Gasteiger charge is -2.06. The van der Waals surface area contributed by atoms with Gasteiger partial charge in [-0.05, 0) is 54.2 Å². The number of hydrogen-bond donors (Lipinski definition) is 3.